The first-order valence-corrected chi connectivity index (χ1v) is 18.4. The highest BCUT2D eigenvalue weighted by molar-refractivity contribution is 6.24. The van der Waals surface area contributed by atoms with Crippen LogP contribution in [0.4, 0.5) is 0 Å². The van der Waals surface area contributed by atoms with Crippen LogP contribution in [-0.4, -0.2) is 21.1 Å². The fourth-order valence-corrected chi connectivity index (χ4v) is 9.99. The van der Waals surface area contributed by atoms with Gasteiger partial charge in [0.15, 0.2) is 11.5 Å². The van der Waals surface area contributed by atoms with Crippen LogP contribution in [0.5, 0.6) is 0 Å². The Morgan fingerprint density at radius 3 is 1.30 bits per heavy atom. The Hall–Kier alpha value is -6.66. The Labute approximate surface area is 310 Å². The third kappa shape index (κ3) is 3.42. The lowest BCUT2D eigenvalue weighted by atomic mass is 9.74. The number of hydrogen-bond acceptors (Lipinski definition) is 4. The molecule has 0 fully saturated rings. The fourth-order valence-electron chi connectivity index (χ4n) is 9.99. The molecule has 54 heavy (non-hydrogen) atoms. The molecule has 2 aromatic heterocycles. The number of carbonyl (C=O) groups is 2. The summed E-state index contributed by atoms with van der Waals surface area (Å²) in [6.07, 6.45) is 0. The van der Waals surface area contributed by atoms with Crippen LogP contribution in [0.2, 0.25) is 0 Å². The van der Waals surface area contributed by atoms with Crippen LogP contribution in [-0.2, 0) is 29.9 Å². The predicted octanol–water partition coefficient (Wildman–Crippen LogP) is 10.4. The first-order valence-electron chi connectivity index (χ1n) is 18.4. The first kappa shape index (κ1) is 29.9. The minimum Gasteiger partial charge on any atom is -0.421 e. The minimum atomic E-state index is -0.582. The summed E-state index contributed by atoms with van der Waals surface area (Å²) < 4.78 is 16.7. The van der Waals surface area contributed by atoms with Crippen molar-refractivity contribution in [2.24, 2.45) is 0 Å². The van der Waals surface area contributed by atoms with Crippen LogP contribution in [0.15, 0.2) is 132 Å². The molecule has 0 spiro atoms. The molecule has 0 N–H and O–H groups in total. The second kappa shape index (κ2) is 9.65. The van der Waals surface area contributed by atoms with Crippen LogP contribution in [0, 0.1) is 0 Å². The van der Waals surface area contributed by atoms with Gasteiger partial charge in [-0.15, -0.1) is 0 Å². The van der Waals surface area contributed by atoms with Crippen LogP contribution in [0.3, 0.4) is 0 Å². The summed E-state index contributed by atoms with van der Waals surface area (Å²) in [4.78, 5) is 27.7. The van der Waals surface area contributed by atoms with Gasteiger partial charge in [0, 0.05) is 43.5 Å². The Kier molecular flexibility index (Phi) is 5.34. The van der Waals surface area contributed by atoms with Crippen molar-refractivity contribution >= 4 is 67.1 Å². The van der Waals surface area contributed by atoms with E-state index in [2.05, 4.69) is 146 Å². The molecular weight excluding hydrogens is 669 g/mol. The van der Waals surface area contributed by atoms with E-state index < -0.39 is 11.9 Å². The molecule has 6 nitrogen and oxygen atoms in total. The largest absolute Gasteiger partial charge is 0.421 e. The SMILES string of the molecule is CC1(C)c2cc(C3=C4C(=O)OC(c5ccc6c(c5)C(C)(C)c5cccc7c8ccccc8n-6c57)=C4C(=O)O3)ccc2-n2c3ccccc3c3cccc1c32. The molecule has 8 aromatic rings. The van der Waals surface area contributed by atoms with Crippen molar-refractivity contribution in [2.45, 2.75) is 38.5 Å². The summed E-state index contributed by atoms with van der Waals surface area (Å²) in [5.41, 5.74) is 12.4. The van der Waals surface area contributed by atoms with Crippen molar-refractivity contribution in [1.82, 2.24) is 9.13 Å². The molecule has 6 heteroatoms. The van der Waals surface area contributed by atoms with Gasteiger partial charge >= 0.3 is 11.9 Å². The molecule has 0 bridgehead atoms. The molecular formula is C48H32N2O4. The van der Waals surface area contributed by atoms with Gasteiger partial charge in [-0.2, -0.15) is 0 Å². The summed E-state index contributed by atoms with van der Waals surface area (Å²) >= 11 is 0. The summed E-state index contributed by atoms with van der Waals surface area (Å²) in [5.74, 6) is -0.685. The number of nitrogens with zero attached hydrogens (tertiary/aromatic N) is 2. The zero-order valence-electron chi connectivity index (χ0n) is 30.1. The number of ether oxygens (including phenoxy) is 2. The molecule has 4 aliphatic rings. The summed E-state index contributed by atoms with van der Waals surface area (Å²) in [5, 5.41) is 4.86. The monoisotopic (exact) mass is 700 g/mol. The van der Waals surface area contributed by atoms with Crippen molar-refractivity contribution < 1.29 is 19.1 Å². The van der Waals surface area contributed by atoms with E-state index in [9.17, 15) is 9.59 Å². The van der Waals surface area contributed by atoms with Crippen molar-refractivity contribution in [1.29, 1.82) is 0 Å². The molecule has 4 aliphatic heterocycles. The lowest BCUT2D eigenvalue weighted by Crippen LogP contribution is -2.26. The maximum atomic E-state index is 13.8. The fraction of sp³-hybridized carbons (Fsp3) is 0.125. The quantitative estimate of drug-likeness (QED) is 0.168. The van der Waals surface area contributed by atoms with Crippen molar-refractivity contribution in [3.05, 3.63) is 166 Å². The average molecular weight is 701 g/mol. The highest BCUT2D eigenvalue weighted by Crippen LogP contribution is 2.52. The zero-order chi connectivity index (χ0) is 36.4. The Bertz CT molecular complexity index is 2980. The molecule has 0 unspecified atom stereocenters. The van der Waals surface area contributed by atoms with E-state index in [1.165, 1.54) is 43.7 Å². The number of hydrogen-bond donors (Lipinski definition) is 0. The number of fused-ring (bicyclic) bond motifs is 11. The third-order valence-electron chi connectivity index (χ3n) is 12.6. The molecule has 0 saturated carbocycles. The molecule has 0 atom stereocenters. The number of cyclic esters (lactones) is 2. The number of rotatable bonds is 2. The van der Waals surface area contributed by atoms with E-state index in [4.69, 9.17) is 9.47 Å². The predicted molar refractivity (Wildman–Crippen MR) is 212 cm³/mol. The zero-order valence-corrected chi connectivity index (χ0v) is 30.1. The van der Waals surface area contributed by atoms with Gasteiger partial charge in [0.25, 0.3) is 0 Å². The van der Waals surface area contributed by atoms with Crippen LogP contribution in [0.1, 0.15) is 61.1 Å². The Morgan fingerprint density at radius 1 is 0.444 bits per heavy atom. The minimum absolute atomic E-state index is 0.179. The molecule has 6 aromatic carbocycles. The van der Waals surface area contributed by atoms with Gasteiger partial charge in [-0.25, -0.2) is 9.59 Å². The highest BCUT2D eigenvalue weighted by atomic mass is 16.6. The van der Waals surface area contributed by atoms with Crippen molar-refractivity contribution in [3.63, 3.8) is 0 Å². The number of benzene rings is 6. The summed E-state index contributed by atoms with van der Waals surface area (Å²) in [7, 11) is 0. The number of carbonyl (C=O) groups excluding carboxylic acids is 2. The van der Waals surface area contributed by atoms with Crippen LogP contribution < -0.4 is 0 Å². The second-order valence-electron chi connectivity index (χ2n) is 16.0. The van der Waals surface area contributed by atoms with Crippen LogP contribution >= 0.6 is 0 Å². The topological polar surface area (TPSA) is 62.5 Å². The van der Waals surface area contributed by atoms with E-state index in [-0.39, 0.29) is 33.5 Å². The van der Waals surface area contributed by atoms with E-state index in [1.54, 1.807) is 0 Å². The van der Waals surface area contributed by atoms with Gasteiger partial charge in [-0.3, -0.25) is 0 Å². The maximum absolute atomic E-state index is 13.8. The number of para-hydroxylation sites is 4. The highest BCUT2D eigenvalue weighted by Gasteiger charge is 2.46. The second-order valence-corrected chi connectivity index (χ2v) is 16.0. The van der Waals surface area contributed by atoms with Crippen molar-refractivity contribution in [3.8, 4) is 11.4 Å². The normalized spacial score (nSPS) is 17.4. The molecule has 0 radical (unpaired) electrons. The molecule has 0 saturated heterocycles. The molecule has 258 valence electrons. The van der Waals surface area contributed by atoms with Gasteiger partial charge in [-0.1, -0.05) is 100 Å². The lowest BCUT2D eigenvalue weighted by molar-refractivity contribution is -0.131. The maximum Gasteiger partial charge on any atom is 0.348 e. The molecule has 12 rings (SSSR count). The number of aromatic nitrogens is 2. The van der Waals surface area contributed by atoms with Gasteiger partial charge in [0.2, 0.25) is 0 Å². The Balaban J connectivity index is 1.03. The molecule has 0 aliphatic carbocycles. The Morgan fingerprint density at radius 2 is 0.852 bits per heavy atom. The van der Waals surface area contributed by atoms with Gasteiger partial charge in [-0.05, 0) is 70.8 Å². The van der Waals surface area contributed by atoms with E-state index >= 15 is 0 Å². The van der Waals surface area contributed by atoms with Crippen LogP contribution in [0.25, 0.3) is 66.5 Å². The summed E-state index contributed by atoms with van der Waals surface area (Å²) in [6.45, 7) is 8.92. The number of esters is 2. The molecule has 0 amide bonds. The van der Waals surface area contributed by atoms with Gasteiger partial charge in [0.1, 0.15) is 11.1 Å². The average Bonchev–Trinajstić information content (AvgIpc) is 3.92. The molecule has 6 heterocycles. The van der Waals surface area contributed by atoms with E-state index in [0.29, 0.717) is 11.1 Å². The van der Waals surface area contributed by atoms with E-state index in [0.717, 1.165) is 33.5 Å². The van der Waals surface area contributed by atoms with Gasteiger partial charge < -0.3 is 18.6 Å². The first-order chi connectivity index (χ1) is 26.1. The smallest absolute Gasteiger partial charge is 0.348 e. The standard InChI is InChI=1S/C48H32N2O4/c1-47(2)31-15-9-13-29-27-11-5-7-17-35(27)49(41(29)31)37-21-19-25(23-33(37)47)43-39-40(46(52)53-43)44(54-45(39)51)26-20-22-38-34(24-26)48(3,4)32-16-10-14-30-28-12-6-8-18-36(28)50(38)42(30)32/h5-24H,1-4H3. The summed E-state index contributed by atoms with van der Waals surface area (Å²) in [6, 6.07) is 42.3. The van der Waals surface area contributed by atoms with Gasteiger partial charge in [0.05, 0.1) is 33.4 Å². The lowest BCUT2D eigenvalue weighted by Gasteiger charge is -2.35. The third-order valence-corrected chi connectivity index (χ3v) is 12.6. The van der Waals surface area contributed by atoms with E-state index in [1.807, 2.05) is 12.1 Å². The van der Waals surface area contributed by atoms with Crippen molar-refractivity contribution in [2.75, 3.05) is 0 Å².